The van der Waals surface area contributed by atoms with Gasteiger partial charge in [0.2, 0.25) is 11.7 Å². The molecule has 0 aliphatic rings. The van der Waals surface area contributed by atoms with E-state index in [9.17, 15) is 14.7 Å². The van der Waals surface area contributed by atoms with Gasteiger partial charge in [-0.2, -0.15) is 0 Å². The second kappa shape index (κ2) is 16.9. The van der Waals surface area contributed by atoms with Gasteiger partial charge in [-0.25, -0.2) is 9.36 Å². The van der Waals surface area contributed by atoms with Crippen LogP contribution >= 0.6 is 0 Å². The molecule has 0 unspecified atom stereocenters. The van der Waals surface area contributed by atoms with Gasteiger partial charge in [-0.15, -0.1) is 0 Å². The number of nitrogens with one attached hydrogen (secondary N) is 1. The molecule has 3 heterocycles. The number of pyridine rings is 1. The van der Waals surface area contributed by atoms with Crippen LogP contribution in [0.3, 0.4) is 0 Å². The van der Waals surface area contributed by atoms with Gasteiger partial charge < -0.3 is 41.0 Å². The molecule has 0 radical (unpaired) electrons. The average Bonchev–Trinajstić information content (AvgIpc) is 3.53. The van der Waals surface area contributed by atoms with Crippen molar-refractivity contribution in [2.24, 2.45) is 0 Å². The second-order valence-electron chi connectivity index (χ2n) is 11.9. The number of ether oxygens (including phenoxy) is 1. The molecule has 0 spiro atoms. The van der Waals surface area contributed by atoms with Gasteiger partial charge in [-0.1, -0.05) is 42.0 Å². The van der Waals surface area contributed by atoms with Crippen LogP contribution < -0.4 is 37.2 Å². The number of hydrogen-bond acceptors (Lipinski definition) is 6. The highest BCUT2D eigenvalue weighted by molar-refractivity contribution is 6.00. The van der Waals surface area contributed by atoms with Crippen LogP contribution in [-0.2, 0) is 17.9 Å². The summed E-state index contributed by atoms with van der Waals surface area (Å²) in [6, 6.07) is 12.6. The molecule has 0 aliphatic carbocycles. The Morgan fingerprint density at radius 1 is 0.959 bits per heavy atom. The lowest BCUT2D eigenvalue weighted by Gasteiger charge is -2.13. The Hall–Kier alpha value is -4.99. The minimum atomic E-state index is -0.446. The van der Waals surface area contributed by atoms with Gasteiger partial charge >= 0.3 is 5.63 Å². The maximum atomic E-state index is 12.6. The van der Waals surface area contributed by atoms with Crippen LogP contribution in [0.2, 0.25) is 0 Å². The summed E-state index contributed by atoms with van der Waals surface area (Å²) >= 11 is 0. The van der Waals surface area contributed by atoms with Crippen molar-refractivity contribution in [3.05, 3.63) is 141 Å². The van der Waals surface area contributed by atoms with E-state index in [-0.39, 0.29) is 29.5 Å². The number of anilines is 1. The molecular weight excluding hydrogens is 684 g/mol. The first-order valence-electron chi connectivity index (χ1n) is 15.9. The summed E-state index contributed by atoms with van der Waals surface area (Å²) in [6.45, 7) is 11.2. The molecule has 254 valence electrons. The van der Waals surface area contributed by atoms with Gasteiger partial charge in [0.1, 0.15) is 0 Å². The molecule has 49 heavy (non-hydrogen) atoms. The Morgan fingerprint density at radius 2 is 1.71 bits per heavy atom. The first-order chi connectivity index (χ1) is 23.1. The van der Waals surface area contributed by atoms with Crippen LogP contribution in [0.1, 0.15) is 48.1 Å². The Labute approximate surface area is 296 Å². The predicted molar refractivity (Wildman–Crippen MR) is 190 cm³/mol. The maximum absolute atomic E-state index is 12.6. The fraction of sp³-hybridized carbons (Fsp3) is 0.225. The van der Waals surface area contributed by atoms with Crippen LogP contribution in [0.4, 0.5) is 5.69 Å². The number of furan rings is 1. The molecule has 2 aromatic carbocycles. The summed E-state index contributed by atoms with van der Waals surface area (Å²) in [6.07, 6.45) is 17.7. The molecule has 2 N–H and O–H groups in total. The van der Waals surface area contributed by atoms with E-state index >= 15 is 0 Å². The molecule has 1 amide bonds. The van der Waals surface area contributed by atoms with E-state index in [0.29, 0.717) is 42.2 Å². The lowest BCUT2D eigenvalue weighted by atomic mass is 9.93. The topological polar surface area (TPSA) is 106 Å². The summed E-state index contributed by atoms with van der Waals surface area (Å²) in [7, 11) is 0. The number of fused-ring (bicyclic) bond motifs is 2. The summed E-state index contributed by atoms with van der Waals surface area (Å²) < 4.78 is 19.1. The van der Waals surface area contributed by atoms with E-state index in [1.807, 2.05) is 86.3 Å². The summed E-state index contributed by atoms with van der Waals surface area (Å²) in [4.78, 5) is 24.4. The van der Waals surface area contributed by atoms with Crippen molar-refractivity contribution in [2.75, 3.05) is 11.9 Å². The van der Waals surface area contributed by atoms with Gasteiger partial charge in [-0.3, -0.25) is 4.79 Å². The van der Waals surface area contributed by atoms with E-state index in [4.69, 9.17) is 13.6 Å². The van der Waals surface area contributed by atoms with Gasteiger partial charge in [0.05, 0.1) is 25.2 Å². The minimum absolute atomic E-state index is 0. The third-order valence-corrected chi connectivity index (χ3v) is 8.27. The molecule has 3 aromatic heterocycles. The molecule has 0 bridgehead atoms. The lowest BCUT2D eigenvalue weighted by molar-refractivity contribution is -0.697. The fourth-order valence-corrected chi connectivity index (χ4v) is 5.51. The van der Waals surface area contributed by atoms with Crippen molar-refractivity contribution >= 4 is 39.6 Å². The Balaban J connectivity index is 0.00000541. The number of nitrogens with zero attached hydrogens (tertiary/aromatic N) is 1. The molecule has 0 saturated carbocycles. The summed E-state index contributed by atoms with van der Waals surface area (Å²) in [5.41, 5.74) is 8.63. The van der Waals surface area contributed by atoms with E-state index < -0.39 is 5.63 Å². The maximum Gasteiger partial charge on any atom is 0.336 e. The van der Waals surface area contributed by atoms with Crippen LogP contribution in [0, 0.1) is 20.8 Å². The number of allylic oxidation sites excluding steroid dienone is 6. The number of aryl methyl sites for hydroxylation is 2. The number of carbonyl (C=O) groups is 1. The summed E-state index contributed by atoms with van der Waals surface area (Å²) in [5.74, 6) is 0.221. The van der Waals surface area contributed by atoms with Gasteiger partial charge in [0, 0.05) is 41.5 Å². The Morgan fingerprint density at radius 3 is 2.47 bits per heavy atom. The highest BCUT2D eigenvalue weighted by Gasteiger charge is 2.15. The molecule has 0 aliphatic heterocycles. The average molecular weight is 726 g/mol. The number of hydrogen-bond donors (Lipinski definition) is 2. The standard InChI is InChI=1S/C40H40N2O6.BrH/c1-26(10-12-35-28(3)23-33(25-43)29(4)30(35)5)8-6-9-27(2)22-36(44)41-34-14-18-42(19-15-34)17-7-20-46-40-38-32(16-21-47-38)24-31-11-13-37(45)48-39(31)40;/h6,8-16,18-19,21-24,43H,7,17,20,25H2,1-5H3;1H/b9-6+,12-10+,26-8+,27-22+;. The van der Waals surface area contributed by atoms with Gasteiger partial charge in [-0.05, 0) is 86.2 Å². The number of amides is 1. The normalized spacial score (nSPS) is 12.3. The quantitative estimate of drug-likeness (QED) is 0.0629. The molecule has 0 fully saturated rings. The molecule has 5 rings (SSSR count). The predicted octanol–water partition coefficient (Wildman–Crippen LogP) is 4.82. The largest absolute Gasteiger partial charge is 1.00 e. The number of benzene rings is 2. The van der Waals surface area contributed by atoms with Crippen LogP contribution in [0.5, 0.6) is 5.75 Å². The number of rotatable bonds is 12. The number of carbonyl (C=O) groups excluding carboxylic acids is 1. The zero-order valence-electron chi connectivity index (χ0n) is 28.4. The Bertz CT molecular complexity index is 2130. The molecule has 5 aromatic rings. The smallest absolute Gasteiger partial charge is 0.336 e. The first-order valence-corrected chi connectivity index (χ1v) is 15.9. The van der Waals surface area contributed by atoms with Crippen molar-refractivity contribution in [3.63, 3.8) is 0 Å². The van der Waals surface area contributed by atoms with Crippen LogP contribution in [0.15, 0.2) is 116 Å². The first kappa shape index (κ1) is 36.8. The van der Waals surface area contributed by atoms with Crippen molar-refractivity contribution in [1.82, 2.24) is 0 Å². The highest BCUT2D eigenvalue weighted by atomic mass is 79.9. The molecule has 9 heteroatoms. The van der Waals surface area contributed by atoms with Crippen molar-refractivity contribution in [2.45, 2.75) is 54.2 Å². The zero-order valence-corrected chi connectivity index (χ0v) is 30.0. The fourth-order valence-electron chi connectivity index (χ4n) is 5.51. The molecule has 8 nitrogen and oxygen atoms in total. The highest BCUT2D eigenvalue weighted by Crippen LogP contribution is 2.35. The lowest BCUT2D eigenvalue weighted by Crippen LogP contribution is -3.00. The van der Waals surface area contributed by atoms with Crippen molar-refractivity contribution in [1.29, 1.82) is 0 Å². The van der Waals surface area contributed by atoms with Crippen molar-refractivity contribution in [3.8, 4) is 5.75 Å². The molecule has 0 atom stereocenters. The van der Waals surface area contributed by atoms with Crippen molar-refractivity contribution < 1.29 is 45.0 Å². The second-order valence-corrected chi connectivity index (χ2v) is 11.9. The van der Waals surface area contributed by atoms with Crippen LogP contribution in [0.25, 0.3) is 28.0 Å². The molecular formula is C40H41BrN2O6. The zero-order chi connectivity index (χ0) is 34.2. The number of aliphatic hydroxyl groups excluding tert-OH is 1. The van der Waals surface area contributed by atoms with E-state index in [0.717, 1.165) is 38.6 Å². The monoisotopic (exact) mass is 724 g/mol. The van der Waals surface area contributed by atoms with E-state index in [1.165, 1.54) is 17.2 Å². The van der Waals surface area contributed by atoms with E-state index in [2.05, 4.69) is 31.3 Å². The van der Waals surface area contributed by atoms with Gasteiger partial charge in [0.15, 0.2) is 30.1 Å². The van der Waals surface area contributed by atoms with Gasteiger partial charge in [0.25, 0.3) is 0 Å². The van der Waals surface area contributed by atoms with Crippen LogP contribution in [-0.4, -0.2) is 17.6 Å². The Kier molecular flexibility index (Phi) is 12.7. The molecule has 0 saturated heterocycles. The third kappa shape index (κ3) is 9.34. The number of halogens is 1. The SMILES string of the molecule is CC(/C=C/c1c(C)cc(CO)c(C)c1C)=C\C=C\C(C)=C\C(=O)Nc1cc[n+](CCCOc2c3occc3cc3ccc(=O)oc23)cc1.[Br-]. The van der Waals surface area contributed by atoms with E-state index in [1.54, 1.807) is 18.4 Å². The number of aromatic nitrogens is 1. The number of aliphatic hydroxyl groups is 1. The third-order valence-electron chi connectivity index (χ3n) is 8.27. The minimum Gasteiger partial charge on any atom is -1.00 e. The summed E-state index contributed by atoms with van der Waals surface area (Å²) in [5, 5.41) is 14.1.